The highest BCUT2D eigenvalue weighted by atomic mass is 16.7. The molecule has 1 aliphatic heterocycles. The van der Waals surface area contributed by atoms with Gasteiger partial charge in [0, 0.05) is 25.1 Å². The quantitative estimate of drug-likeness (QED) is 0.0723. The molecule has 0 aromatic heterocycles. The molecule has 5 atom stereocenters. The van der Waals surface area contributed by atoms with Crippen molar-refractivity contribution in [3.8, 4) is 11.5 Å². The maximum absolute atomic E-state index is 14.1. The standard InChI is InChI=1S/C52H47NO13/c1-34(54)66-52(2)44(33-60-47(55)37-18-10-5-11-19-37)63-50(45(64-48(56)38-20-12-6-13-21-38)46(52)65-49(57)39-22-14-7-15-23-39)62-43-31-41(53-51(58)61-32-36-16-8-4-9-17-36)27-26-40(43)30-35-24-28-42(59-3)29-25-35/h4-29,31,44-46,50H,30,32-33H2,1-3H3,(H,53,58)/t44-,45-,46-,50+,52-/m1/s1. The third-order valence-electron chi connectivity index (χ3n) is 10.6. The van der Waals surface area contributed by atoms with Crippen LogP contribution < -0.4 is 14.8 Å². The summed E-state index contributed by atoms with van der Waals surface area (Å²) in [5.74, 6) is -2.46. The lowest BCUT2D eigenvalue weighted by Gasteiger charge is -2.50. The van der Waals surface area contributed by atoms with Gasteiger partial charge >= 0.3 is 30.0 Å². The number of esters is 4. The molecule has 0 spiro atoms. The second kappa shape index (κ2) is 21.6. The molecule has 14 heteroatoms. The zero-order chi connectivity index (χ0) is 46.5. The highest BCUT2D eigenvalue weighted by Crippen LogP contribution is 2.40. The van der Waals surface area contributed by atoms with Crippen molar-refractivity contribution in [1.29, 1.82) is 0 Å². The summed E-state index contributed by atoms with van der Waals surface area (Å²) in [5, 5.41) is 2.74. The molecular weight excluding hydrogens is 847 g/mol. The molecule has 7 rings (SSSR count). The van der Waals surface area contributed by atoms with E-state index in [-0.39, 0.29) is 41.2 Å². The van der Waals surface area contributed by atoms with Crippen molar-refractivity contribution in [1.82, 2.24) is 0 Å². The normalized spacial score (nSPS) is 18.7. The van der Waals surface area contributed by atoms with Crippen LogP contribution in [0.2, 0.25) is 0 Å². The Balaban J connectivity index is 1.31. The van der Waals surface area contributed by atoms with Gasteiger partial charge in [-0.05, 0) is 78.2 Å². The predicted molar refractivity (Wildman–Crippen MR) is 240 cm³/mol. The third kappa shape index (κ3) is 11.8. The van der Waals surface area contributed by atoms with Gasteiger partial charge in [-0.1, -0.05) is 103 Å². The van der Waals surface area contributed by atoms with E-state index in [1.165, 1.54) is 37.3 Å². The molecule has 0 unspecified atom stereocenters. The lowest BCUT2D eigenvalue weighted by molar-refractivity contribution is -0.309. The van der Waals surface area contributed by atoms with Gasteiger partial charge in [0.2, 0.25) is 12.4 Å². The van der Waals surface area contributed by atoms with Gasteiger partial charge in [0.1, 0.15) is 30.8 Å². The summed E-state index contributed by atoms with van der Waals surface area (Å²) in [6.07, 6.45) is -6.88. The number of hydrogen-bond acceptors (Lipinski definition) is 13. The summed E-state index contributed by atoms with van der Waals surface area (Å²) in [5.41, 5.74) is 0.981. The van der Waals surface area contributed by atoms with Crippen molar-refractivity contribution < 1.29 is 61.9 Å². The van der Waals surface area contributed by atoms with Crippen molar-refractivity contribution in [2.75, 3.05) is 19.0 Å². The second-order valence-corrected chi connectivity index (χ2v) is 15.3. The third-order valence-corrected chi connectivity index (χ3v) is 10.6. The Morgan fingerprint density at radius 2 is 1.20 bits per heavy atom. The molecule has 1 saturated heterocycles. The summed E-state index contributed by atoms with van der Waals surface area (Å²) < 4.78 is 48.5. The molecule has 338 valence electrons. The zero-order valence-corrected chi connectivity index (χ0v) is 36.3. The van der Waals surface area contributed by atoms with Gasteiger partial charge in [-0.2, -0.15) is 0 Å². The van der Waals surface area contributed by atoms with E-state index in [2.05, 4.69) is 5.32 Å². The molecule has 0 bridgehead atoms. The number of methoxy groups -OCH3 is 1. The van der Waals surface area contributed by atoms with Gasteiger partial charge in [-0.15, -0.1) is 0 Å². The Morgan fingerprint density at radius 3 is 1.77 bits per heavy atom. The number of rotatable bonds is 16. The molecule has 66 heavy (non-hydrogen) atoms. The van der Waals surface area contributed by atoms with E-state index in [1.54, 1.807) is 98.1 Å². The minimum Gasteiger partial charge on any atom is -0.497 e. The number of nitrogens with one attached hydrogen (secondary N) is 1. The van der Waals surface area contributed by atoms with E-state index in [4.69, 9.17) is 37.9 Å². The van der Waals surface area contributed by atoms with Crippen LogP contribution in [-0.2, 0) is 46.2 Å². The molecule has 1 aliphatic rings. The van der Waals surface area contributed by atoms with Crippen LogP contribution in [0.1, 0.15) is 61.6 Å². The number of anilines is 1. The number of ether oxygens (including phenoxy) is 8. The molecule has 0 aliphatic carbocycles. The monoisotopic (exact) mass is 893 g/mol. The summed E-state index contributed by atoms with van der Waals surface area (Å²) >= 11 is 0. The molecule has 14 nitrogen and oxygen atoms in total. The Morgan fingerprint density at radius 1 is 0.636 bits per heavy atom. The van der Waals surface area contributed by atoms with Crippen LogP contribution in [-0.4, -0.2) is 73.9 Å². The zero-order valence-electron chi connectivity index (χ0n) is 36.3. The van der Waals surface area contributed by atoms with Gasteiger partial charge in [0.15, 0.2) is 11.7 Å². The highest BCUT2D eigenvalue weighted by molar-refractivity contribution is 5.91. The lowest BCUT2D eigenvalue weighted by atomic mass is 9.85. The smallest absolute Gasteiger partial charge is 0.411 e. The molecule has 0 saturated carbocycles. The molecule has 1 fully saturated rings. The van der Waals surface area contributed by atoms with Crippen molar-refractivity contribution in [2.24, 2.45) is 0 Å². The van der Waals surface area contributed by atoms with Gasteiger partial charge in [-0.3, -0.25) is 10.1 Å². The van der Waals surface area contributed by atoms with E-state index in [0.717, 1.165) is 18.1 Å². The fourth-order valence-corrected chi connectivity index (χ4v) is 7.25. The average molecular weight is 894 g/mol. The summed E-state index contributed by atoms with van der Waals surface area (Å²) in [7, 11) is 1.56. The fourth-order valence-electron chi connectivity index (χ4n) is 7.25. The first-order chi connectivity index (χ1) is 32.0. The number of benzene rings is 6. The Bertz CT molecular complexity index is 2590. The topological polar surface area (TPSA) is 171 Å². The van der Waals surface area contributed by atoms with Crippen LogP contribution in [0.4, 0.5) is 10.5 Å². The predicted octanol–water partition coefficient (Wildman–Crippen LogP) is 8.77. The van der Waals surface area contributed by atoms with Crippen molar-refractivity contribution in [3.63, 3.8) is 0 Å². The molecule has 0 radical (unpaired) electrons. The SMILES string of the molecule is COc1ccc(Cc2ccc(NC(=O)OCc3ccccc3)cc2O[C@H]2O[C@H](COC(=O)c3ccccc3)[C@@](C)(OC(C)=O)[C@H](OC(=O)c3ccccc3)[C@H]2OC(=O)c2ccccc2)cc1. The molecular formula is C52H47NO13. The molecule has 1 amide bonds. The molecule has 6 aromatic rings. The number of hydrogen-bond donors (Lipinski definition) is 1. The van der Waals surface area contributed by atoms with Crippen molar-refractivity contribution >= 4 is 35.7 Å². The van der Waals surface area contributed by atoms with Crippen LogP contribution in [0.3, 0.4) is 0 Å². The first-order valence-electron chi connectivity index (χ1n) is 21.0. The molecule has 1 heterocycles. The van der Waals surface area contributed by atoms with Gasteiger partial charge in [0.05, 0.1) is 23.8 Å². The Hall–Kier alpha value is -7.97. The Labute approximate surface area is 381 Å². The maximum atomic E-state index is 14.1. The number of carbonyl (C=O) groups is 5. The van der Waals surface area contributed by atoms with Crippen LogP contribution >= 0.6 is 0 Å². The van der Waals surface area contributed by atoms with Crippen molar-refractivity contribution in [3.05, 3.63) is 197 Å². The second-order valence-electron chi connectivity index (χ2n) is 15.3. The summed E-state index contributed by atoms with van der Waals surface area (Å²) in [4.78, 5) is 67.7. The van der Waals surface area contributed by atoms with Crippen molar-refractivity contribution in [2.45, 2.75) is 57.1 Å². The highest BCUT2D eigenvalue weighted by Gasteiger charge is 2.61. The van der Waals surface area contributed by atoms with Gasteiger partial charge in [-0.25, -0.2) is 19.2 Å². The van der Waals surface area contributed by atoms with E-state index in [0.29, 0.717) is 11.3 Å². The number of carbonyl (C=O) groups excluding carboxylic acids is 5. The van der Waals surface area contributed by atoms with E-state index < -0.39 is 66.8 Å². The van der Waals surface area contributed by atoms with Crippen LogP contribution in [0, 0.1) is 0 Å². The minimum absolute atomic E-state index is 0.0103. The Kier molecular flexibility index (Phi) is 15.1. The maximum Gasteiger partial charge on any atom is 0.411 e. The van der Waals surface area contributed by atoms with E-state index >= 15 is 0 Å². The van der Waals surface area contributed by atoms with E-state index in [9.17, 15) is 24.0 Å². The van der Waals surface area contributed by atoms with Crippen LogP contribution in [0.5, 0.6) is 11.5 Å². The summed E-state index contributed by atoms with van der Waals surface area (Å²) in [6, 6.07) is 45.8. The fraction of sp³-hybridized carbons (Fsp3) is 0.212. The average Bonchev–Trinajstić information content (AvgIpc) is 3.34. The largest absolute Gasteiger partial charge is 0.497 e. The van der Waals surface area contributed by atoms with Crippen LogP contribution in [0.25, 0.3) is 0 Å². The van der Waals surface area contributed by atoms with Gasteiger partial charge in [0.25, 0.3) is 0 Å². The minimum atomic E-state index is -1.99. The van der Waals surface area contributed by atoms with Gasteiger partial charge < -0.3 is 37.9 Å². The first-order valence-corrected chi connectivity index (χ1v) is 21.0. The van der Waals surface area contributed by atoms with E-state index in [1.807, 2.05) is 42.5 Å². The van der Waals surface area contributed by atoms with Crippen LogP contribution in [0.15, 0.2) is 164 Å². The first kappa shape index (κ1) is 46.0. The molecule has 6 aromatic carbocycles. The summed E-state index contributed by atoms with van der Waals surface area (Å²) in [6.45, 7) is 2.04. The molecule has 1 N–H and O–H groups in total. The lowest BCUT2D eigenvalue weighted by Crippen LogP contribution is -2.70. The number of amides is 1.